The van der Waals surface area contributed by atoms with Crippen LogP contribution in [0.1, 0.15) is 243 Å². The van der Waals surface area contributed by atoms with Crippen molar-refractivity contribution in [1.29, 1.82) is 5.26 Å². The molecule has 648 valence electrons. The van der Waals surface area contributed by atoms with Crippen LogP contribution in [-0.4, -0.2) is 89.7 Å². The summed E-state index contributed by atoms with van der Waals surface area (Å²) in [5.41, 5.74) is 22.5. The Morgan fingerprint density at radius 1 is 0.419 bits per heavy atom. The molecular weight excluding hydrogens is 1580 g/mol. The van der Waals surface area contributed by atoms with Crippen LogP contribution in [0.3, 0.4) is 0 Å². The Labute approximate surface area is 723 Å². The van der Waals surface area contributed by atoms with Gasteiger partial charge in [0.15, 0.2) is 11.6 Å². The van der Waals surface area contributed by atoms with Crippen molar-refractivity contribution in [2.45, 2.75) is 203 Å². The first-order valence-corrected chi connectivity index (χ1v) is 43.3. The smallest absolute Gasteiger partial charge is 0.308 e. The van der Waals surface area contributed by atoms with Crippen LogP contribution >= 0.6 is 0 Å². The second kappa shape index (κ2) is 38.1. The molecule has 16 unspecified atom stereocenters. The Balaban J connectivity index is 0.000000115. The summed E-state index contributed by atoms with van der Waals surface area (Å²) in [6.45, 7) is 27.3. The summed E-state index contributed by atoms with van der Waals surface area (Å²) < 4.78 is 120. The third-order valence-electron chi connectivity index (χ3n) is 25.1. The second-order valence-electron chi connectivity index (χ2n) is 34.9. The van der Waals surface area contributed by atoms with Gasteiger partial charge in [0.2, 0.25) is 0 Å². The Kier molecular flexibility index (Phi) is 26.7. The Morgan fingerprint density at radius 2 is 0.855 bits per heavy atom. The van der Waals surface area contributed by atoms with Gasteiger partial charge < -0.3 is 78.7 Å². The average molecular weight is 1690 g/mol. The van der Waals surface area contributed by atoms with Crippen LogP contribution in [0.2, 0.25) is 0 Å². The summed E-state index contributed by atoms with van der Waals surface area (Å²) in [5.74, 6) is -0.536. The van der Waals surface area contributed by atoms with Gasteiger partial charge in [0.25, 0.3) is 0 Å². The molecule has 18 nitrogen and oxygen atoms in total. The zero-order valence-electron chi connectivity index (χ0n) is 72.0. The number of carbonyl (C=O) groups is 1. The van der Waals surface area contributed by atoms with Gasteiger partial charge in [-0.3, -0.25) is 4.79 Å². The van der Waals surface area contributed by atoms with Crippen molar-refractivity contribution in [1.82, 2.24) is 0 Å². The molecule has 22 heteroatoms. The normalized spacial score (nSPS) is 25.2. The predicted octanol–water partition coefficient (Wildman–Crippen LogP) is 22.4. The van der Waals surface area contributed by atoms with Gasteiger partial charge >= 0.3 is 5.97 Å². The van der Waals surface area contributed by atoms with E-state index in [0.717, 1.165) is 74.2 Å². The molecule has 10 aliphatic heterocycles. The van der Waals surface area contributed by atoms with Gasteiger partial charge in [0.05, 0.1) is 82.3 Å². The number of nitrogens with one attached hydrogen (secondary N) is 5. The Bertz CT molecular complexity index is 5510. The highest BCUT2D eigenvalue weighted by atomic mass is 19.2. The van der Waals surface area contributed by atoms with E-state index in [1.165, 1.54) is 69.8 Å². The molecule has 0 bridgehead atoms. The number of esters is 1. The van der Waals surface area contributed by atoms with Crippen LogP contribution in [0.15, 0.2) is 206 Å². The lowest BCUT2D eigenvalue weighted by Crippen LogP contribution is -2.43. The fourth-order valence-electron chi connectivity index (χ4n) is 18.3. The molecule has 16 atom stereocenters. The minimum Gasteiger partial charge on any atom is -0.427 e. The molecule has 5 N–H and O–H groups in total. The average Bonchev–Trinajstić information content (AvgIpc) is 1.43. The van der Waals surface area contributed by atoms with E-state index in [9.17, 15) is 22.4 Å². The zero-order chi connectivity index (χ0) is 86.6. The maximum absolute atomic E-state index is 14.3. The fraction of sp³-hybridized carbons (Fsp3) is 0.392. The topological polar surface area (TPSA) is 203 Å². The maximum Gasteiger partial charge on any atom is 0.308 e. The van der Waals surface area contributed by atoms with Crippen molar-refractivity contribution in [2.24, 2.45) is 0 Å². The van der Waals surface area contributed by atoms with Crippen LogP contribution in [-0.2, 0) is 64.0 Å². The number of benzene rings is 10. The van der Waals surface area contributed by atoms with Gasteiger partial charge in [-0.15, -0.1) is 0 Å². The van der Waals surface area contributed by atoms with Crippen molar-refractivity contribution in [3.05, 3.63) is 319 Å². The minimum absolute atomic E-state index is 0.00157. The zero-order valence-corrected chi connectivity index (χ0v) is 72.0. The third kappa shape index (κ3) is 18.7. The molecule has 10 heterocycles. The van der Waals surface area contributed by atoms with Gasteiger partial charge in [0, 0.05) is 68.7 Å². The third-order valence-corrected chi connectivity index (χ3v) is 25.1. The van der Waals surface area contributed by atoms with Crippen LogP contribution in [0, 0.1) is 41.5 Å². The lowest BCUT2D eigenvalue weighted by molar-refractivity contribution is -0.151. The van der Waals surface area contributed by atoms with E-state index in [0.29, 0.717) is 80.7 Å². The molecule has 0 aliphatic carbocycles. The van der Waals surface area contributed by atoms with Gasteiger partial charge in [-0.2, -0.15) is 5.26 Å². The monoisotopic (exact) mass is 1690 g/mol. The highest BCUT2D eigenvalue weighted by Gasteiger charge is 2.48. The Hall–Kier alpha value is -10.5. The number of rotatable bonds is 11. The van der Waals surface area contributed by atoms with Crippen LogP contribution in [0.4, 0.5) is 46.0 Å². The van der Waals surface area contributed by atoms with Crippen LogP contribution < -0.4 is 31.3 Å². The largest absolute Gasteiger partial charge is 0.427 e. The summed E-state index contributed by atoms with van der Waals surface area (Å²) in [5, 5.41) is 26.6. The van der Waals surface area contributed by atoms with Crippen molar-refractivity contribution >= 4 is 34.4 Å². The van der Waals surface area contributed by atoms with E-state index < -0.39 is 11.6 Å². The van der Waals surface area contributed by atoms with E-state index in [4.69, 9.17) is 57.4 Å². The van der Waals surface area contributed by atoms with E-state index in [2.05, 4.69) is 199 Å². The SMILES string of the molecule is CC(C)(C)c1ccc2c(c1)C1OCOC1C(c1ccccc1F)N2.CC(C)c1ccc2c(c1)C1OCOC1C(c1cccc(F)c1)N2.CCC(C)c1ccc2c(c1)C1OCCOC1C(c1cccc(OC(C)=O)c1)N2.Cc1ccccc1C1Nc2ccc(C(C)C)cc2C2OCCOC12.N#CCc1ccc2c(c1)C1OCCOC1C(c1ccc(F)c(F)c1)N2. The number of fused-ring (bicyclic) bond motifs is 15. The molecule has 10 aromatic carbocycles. The van der Waals surface area contributed by atoms with E-state index in [1.54, 1.807) is 36.4 Å². The number of carbonyl (C=O) groups excluding carboxylic acids is 1. The fourth-order valence-corrected chi connectivity index (χ4v) is 18.3. The predicted molar refractivity (Wildman–Crippen MR) is 469 cm³/mol. The molecule has 0 saturated carbocycles. The number of anilines is 5. The summed E-state index contributed by atoms with van der Waals surface area (Å²) in [7, 11) is 0. The highest BCUT2D eigenvalue weighted by Crippen LogP contribution is 2.52. The standard InChI is InChI=1S/C23H27NO4.C21H25NO2.C20H22FNO2.C19H16F2N2O2.C19H20FNO2/c1-4-14(2)16-8-9-20-19(13-16)22-23(27-11-10-26-22)21(24-20)17-6-5-7-18(12-17)28-15(3)25;1-13(2)15-8-9-18-17(12-15)20-21(24-11-10-23-20)19(22-18)16-7-5-4-6-14(16)3;1-20(2,3)12-8-9-16-14(10-12)18-19(24-11-23-18)17(22-16)13-6-4-5-7-15(13)21;20-14-3-2-12(10-15(14)21)17-19-18(24-7-8-25-19)13-9-11(5-6-22)1-4-16(13)23-17;1-11(2)12-6-7-16-15(9-12)18-19(23-10-22-18)17(21-16)13-4-3-5-14(20)8-13/h5-9,12-14,21-24H,4,10-11H2,1-3H3;4-9,12-13,19-22H,10-11H2,1-3H3;4-10,17-19,22H,11H2,1-3H3;1-4,9-10,17-19,23H,5,7-8H2;3-9,11,17-19,21H,10H2,1-2H3. The van der Waals surface area contributed by atoms with E-state index >= 15 is 0 Å². The molecule has 0 amide bonds. The van der Waals surface area contributed by atoms with Gasteiger partial charge in [-0.25, -0.2) is 17.6 Å². The number of nitrogens with zero attached hydrogens (tertiary/aromatic N) is 1. The van der Waals surface area contributed by atoms with Crippen molar-refractivity contribution in [3.63, 3.8) is 0 Å². The summed E-state index contributed by atoms with van der Waals surface area (Å²) >= 11 is 0. The molecule has 5 fully saturated rings. The number of hydrogen-bond acceptors (Lipinski definition) is 18. The van der Waals surface area contributed by atoms with Crippen LogP contribution in [0.5, 0.6) is 5.75 Å². The summed E-state index contributed by atoms with van der Waals surface area (Å²) in [6.07, 6.45) is -0.167. The highest BCUT2D eigenvalue weighted by molar-refractivity contribution is 5.70. The molecule has 20 rings (SSSR count). The molecule has 10 aliphatic rings. The van der Waals surface area contributed by atoms with Crippen molar-refractivity contribution in [3.8, 4) is 11.8 Å². The molecule has 0 radical (unpaired) electrons. The van der Waals surface area contributed by atoms with Gasteiger partial charge in [-0.05, 0) is 171 Å². The molecule has 0 aromatic heterocycles. The number of nitriles is 1. The summed E-state index contributed by atoms with van der Waals surface area (Å²) in [4.78, 5) is 11.3. The Morgan fingerprint density at radius 3 is 1.37 bits per heavy atom. The van der Waals surface area contributed by atoms with Gasteiger partial charge in [0.1, 0.15) is 92.0 Å². The quantitative estimate of drug-likeness (QED) is 0.0464. The van der Waals surface area contributed by atoms with Crippen molar-refractivity contribution < 1.29 is 74.5 Å². The van der Waals surface area contributed by atoms with Crippen LogP contribution in [0.25, 0.3) is 0 Å². The molecule has 0 spiro atoms. The first kappa shape index (κ1) is 87.0. The molecule has 5 saturated heterocycles. The second-order valence-corrected chi connectivity index (χ2v) is 34.9. The summed E-state index contributed by atoms with van der Waals surface area (Å²) in [6, 6.07) is 66.8. The molecular formula is C102H110F4N6O12. The lowest BCUT2D eigenvalue weighted by Gasteiger charge is -2.43. The number of aryl methyl sites for hydroxylation is 1. The first-order chi connectivity index (χ1) is 60.0. The van der Waals surface area contributed by atoms with Crippen molar-refractivity contribution in [2.75, 3.05) is 79.8 Å². The maximum atomic E-state index is 14.3. The number of hydrogen-bond donors (Lipinski definition) is 5. The molecule has 10 aromatic rings. The van der Waals surface area contributed by atoms with E-state index in [1.807, 2.05) is 48.5 Å². The first-order valence-electron chi connectivity index (χ1n) is 43.3. The van der Waals surface area contributed by atoms with Gasteiger partial charge in [-0.1, -0.05) is 190 Å². The lowest BCUT2D eigenvalue weighted by atomic mass is 9.82. The molecule has 124 heavy (non-hydrogen) atoms. The number of halogens is 4. The van der Waals surface area contributed by atoms with E-state index in [-0.39, 0.29) is 128 Å². The number of ether oxygens (including phenoxy) is 11. The minimum atomic E-state index is -0.886.